The van der Waals surface area contributed by atoms with Crippen LogP contribution in [-0.2, 0) is 9.59 Å². The number of rotatable bonds is 5. The van der Waals surface area contributed by atoms with E-state index in [1.54, 1.807) is 36.4 Å². The van der Waals surface area contributed by atoms with E-state index in [1.165, 1.54) is 12.3 Å². The molecule has 0 spiro atoms. The number of hydrogen-bond donors (Lipinski definition) is 3. The number of halogens is 1. The Morgan fingerprint density at radius 1 is 1.20 bits per heavy atom. The van der Waals surface area contributed by atoms with Crippen LogP contribution in [0.5, 0.6) is 11.5 Å². The lowest BCUT2D eigenvalue weighted by Gasteiger charge is -2.06. The molecule has 2 aromatic carbocycles. The predicted octanol–water partition coefficient (Wildman–Crippen LogP) is 2.64. The second kappa shape index (κ2) is 8.84. The van der Waals surface area contributed by atoms with Crippen LogP contribution in [0.25, 0.3) is 0 Å². The van der Waals surface area contributed by atoms with Crippen LogP contribution in [0.2, 0.25) is 0 Å². The first-order valence-electron chi connectivity index (χ1n) is 7.35. The van der Waals surface area contributed by atoms with Crippen LogP contribution < -0.4 is 15.5 Å². The van der Waals surface area contributed by atoms with Crippen LogP contribution in [0.4, 0.5) is 5.69 Å². The summed E-state index contributed by atoms with van der Waals surface area (Å²) < 4.78 is 6.03. The number of hydrazone groups is 1. The lowest BCUT2D eigenvalue weighted by Crippen LogP contribution is -2.32. The minimum absolute atomic E-state index is 0.0000356. The van der Waals surface area contributed by atoms with E-state index >= 15 is 0 Å². The predicted molar refractivity (Wildman–Crippen MR) is 97.8 cm³/mol. The fourth-order valence-corrected chi connectivity index (χ4v) is 2.21. The van der Waals surface area contributed by atoms with E-state index in [1.807, 2.05) is 6.92 Å². The first kappa shape index (κ1) is 18.5. The van der Waals surface area contributed by atoms with Crippen molar-refractivity contribution in [2.45, 2.75) is 6.92 Å². The van der Waals surface area contributed by atoms with E-state index in [2.05, 4.69) is 31.8 Å². The van der Waals surface area contributed by atoms with Gasteiger partial charge in [-0.15, -0.1) is 0 Å². The van der Waals surface area contributed by atoms with Gasteiger partial charge in [0.1, 0.15) is 11.5 Å². The molecule has 0 aromatic heterocycles. The van der Waals surface area contributed by atoms with Gasteiger partial charge in [-0.1, -0.05) is 15.9 Å². The van der Waals surface area contributed by atoms with Gasteiger partial charge >= 0.3 is 11.8 Å². The molecule has 2 amide bonds. The summed E-state index contributed by atoms with van der Waals surface area (Å²) in [7, 11) is 0. The highest BCUT2D eigenvalue weighted by Gasteiger charge is 2.13. The van der Waals surface area contributed by atoms with Gasteiger partial charge in [0.25, 0.3) is 0 Å². The molecule has 0 aliphatic heterocycles. The fraction of sp³-hybridized carbons (Fsp3) is 0.118. The molecular weight excluding hydrogens is 390 g/mol. The molecule has 0 saturated heterocycles. The van der Waals surface area contributed by atoms with Crippen LogP contribution in [0.15, 0.2) is 52.0 Å². The number of hydrogen-bond acceptors (Lipinski definition) is 5. The average molecular weight is 406 g/mol. The Labute approximate surface area is 152 Å². The molecule has 0 bridgehead atoms. The highest BCUT2D eigenvalue weighted by molar-refractivity contribution is 9.10. The molecule has 0 aliphatic carbocycles. The summed E-state index contributed by atoms with van der Waals surface area (Å²) in [6.45, 7) is 2.41. The SMILES string of the molecule is CCOc1ccc(NC(=O)C(=O)N/N=C\c2cc(Br)ccc2O)cc1. The quantitative estimate of drug-likeness (QED) is 0.404. The molecule has 0 saturated carbocycles. The number of anilines is 1. The minimum atomic E-state index is -0.931. The molecule has 0 aliphatic rings. The molecule has 0 unspecified atom stereocenters. The number of carbonyl (C=O) groups excluding carboxylic acids is 2. The number of phenols is 1. The van der Waals surface area contributed by atoms with Crippen molar-refractivity contribution in [3.63, 3.8) is 0 Å². The van der Waals surface area contributed by atoms with Crippen LogP contribution >= 0.6 is 15.9 Å². The monoisotopic (exact) mass is 405 g/mol. The van der Waals surface area contributed by atoms with Gasteiger partial charge in [0, 0.05) is 15.7 Å². The number of amides is 2. The third-order valence-corrected chi connectivity index (χ3v) is 3.48. The second-order valence-electron chi connectivity index (χ2n) is 4.81. The number of benzene rings is 2. The molecule has 2 rings (SSSR count). The molecule has 0 fully saturated rings. The Balaban J connectivity index is 1.90. The van der Waals surface area contributed by atoms with Crippen molar-refractivity contribution in [3.05, 3.63) is 52.5 Å². The molecule has 3 N–H and O–H groups in total. The molecule has 2 aromatic rings. The Bertz CT molecular complexity index is 791. The number of ether oxygens (including phenoxy) is 1. The molecule has 0 heterocycles. The summed E-state index contributed by atoms with van der Waals surface area (Å²) in [5.74, 6) is -1.12. The van der Waals surface area contributed by atoms with Crippen molar-refractivity contribution in [3.8, 4) is 11.5 Å². The summed E-state index contributed by atoms with van der Waals surface area (Å²) in [6, 6.07) is 11.4. The van der Waals surface area contributed by atoms with Gasteiger partial charge in [-0.3, -0.25) is 9.59 Å². The summed E-state index contributed by atoms with van der Waals surface area (Å²) >= 11 is 3.26. The highest BCUT2D eigenvalue weighted by atomic mass is 79.9. The van der Waals surface area contributed by atoms with E-state index in [4.69, 9.17) is 4.74 Å². The van der Waals surface area contributed by atoms with E-state index in [-0.39, 0.29) is 5.75 Å². The van der Waals surface area contributed by atoms with Gasteiger partial charge in [-0.2, -0.15) is 5.10 Å². The van der Waals surface area contributed by atoms with Crippen molar-refractivity contribution in [1.82, 2.24) is 5.43 Å². The van der Waals surface area contributed by atoms with Crippen molar-refractivity contribution in [2.24, 2.45) is 5.10 Å². The van der Waals surface area contributed by atoms with Gasteiger partial charge in [0.05, 0.1) is 12.8 Å². The maximum absolute atomic E-state index is 11.8. The molecule has 130 valence electrons. The van der Waals surface area contributed by atoms with Crippen molar-refractivity contribution < 1.29 is 19.4 Å². The fourth-order valence-electron chi connectivity index (χ4n) is 1.83. The Kier molecular flexibility index (Phi) is 6.53. The Morgan fingerprint density at radius 2 is 1.92 bits per heavy atom. The molecule has 0 radical (unpaired) electrons. The smallest absolute Gasteiger partial charge is 0.329 e. The number of nitrogens with one attached hydrogen (secondary N) is 2. The lowest BCUT2D eigenvalue weighted by atomic mass is 10.2. The Morgan fingerprint density at radius 3 is 2.60 bits per heavy atom. The summed E-state index contributed by atoms with van der Waals surface area (Å²) in [6.07, 6.45) is 1.24. The Hall–Kier alpha value is -2.87. The topological polar surface area (TPSA) is 100 Å². The standard InChI is InChI=1S/C17H16BrN3O4/c1-2-25-14-6-4-13(5-7-14)20-16(23)17(24)21-19-10-11-9-12(18)3-8-15(11)22/h3-10,22H,2H2,1H3,(H,20,23)(H,21,24)/b19-10-. The van der Waals surface area contributed by atoms with Gasteiger partial charge in [0.2, 0.25) is 0 Å². The van der Waals surface area contributed by atoms with Gasteiger partial charge in [-0.25, -0.2) is 5.43 Å². The maximum Gasteiger partial charge on any atom is 0.329 e. The normalized spacial score (nSPS) is 10.5. The zero-order valence-electron chi connectivity index (χ0n) is 13.3. The summed E-state index contributed by atoms with van der Waals surface area (Å²) in [5, 5.41) is 15.8. The minimum Gasteiger partial charge on any atom is -0.507 e. The van der Waals surface area contributed by atoms with E-state index in [9.17, 15) is 14.7 Å². The highest BCUT2D eigenvalue weighted by Crippen LogP contribution is 2.20. The van der Waals surface area contributed by atoms with E-state index in [0.717, 1.165) is 4.47 Å². The third-order valence-electron chi connectivity index (χ3n) is 2.99. The first-order valence-corrected chi connectivity index (χ1v) is 8.14. The molecule has 8 heteroatoms. The number of nitrogens with zero attached hydrogens (tertiary/aromatic N) is 1. The average Bonchev–Trinajstić information content (AvgIpc) is 2.59. The summed E-state index contributed by atoms with van der Waals surface area (Å²) in [5.41, 5.74) is 2.94. The molecule has 25 heavy (non-hydrogen) atoms. The maximum atomic E-state index is 11.8. The second-order valence-corrected chi connectivity index (χ2v) is 5.73. The number of carbonyl (C=O) groups is 2. The van der Waals surface area contributed by atoms with Crippen LogP contribution in [0, 0.1) is 0 Å². The van der Waals surface area contributed by atoms with Gasteiger partial charge < -0.3 is 15.2 Å². The van der Waals surface area contributed by atoms with Gasteiger partial charge in [-0.05, 0) is 49.4 Å². The van der Waals surface area contributed by atoms with Crippen LogP contribution in [-0.4, -0.2) is 29.7 Å². The van der Waals surface area contributed by atoms with Crippen molar-refractivity contribution in [2.75, 3.05) is 11.9 Å². The summed E-state index contributed by atoms with van der Waals surface area (Å²) in [4.78, 5) is 23.5. The van der Waals surface area contributed by atoms with E-state index < -0.39 is 11.8 Å². The molecule has 7 nitrogen and oxygen atoms in total. The number of phenolic OH excluding ortho intramolecular Hbond substituents is 1. The zero-order valence-corrected chi connectivity index (χ0v) is 14.9. The van der Waals surface area contributed by atoms with Crippen molar-refractivity contribution >= 4 is 39.6 Å². The first-order chi connectivity index (χ1) is 12.0. The number of aromatic hydroxyl groups is 1. The molecule has 0 atom stereocenters. The van der Waals surface area contributed by atoms with Crippen molar-refractivity contribution in [1.29, 1.82) is 0 Å². The van der Waals surface area contributed by atoms with Crippen LogP contribution in [0.1, 0.15) is 12.5 Å². The van der Waals surface area contributed by atoms with Crippen LogP contribution in [0.3, 0.4) is 0 Å². The molecular formula is C17H16BrN3O4. The third kappa shape index (κ3) is 5.61. The van der Waals surface area contributed by atoms with Gasteiger partial charge in [0.15, 0.2) is 0 Å². The lowest BCUT2D eigenvalue weighted by molar-refractivity contribution is -0.136. The van der Waals surface area contributed by atoms with E-state index in [0.29, 0.717) is 23.6 Å². The zero-order chi connectivity index (χ0) is 18.2. The largest absolute Gasteiger partial charge is 0.507 e.